The predicted molar refractivity (Wildman–Crippen MR) is 101 cm³/mol. The van der Waals surface area contributed by atoms with Crippen LogP contribution in [0.2, 0.25) is 5.02 Å². The minimum absolute atomic E-state index is 0.258. The number of hydrogen-bond acceptors (Lipinski definition) is 4. The Labute approximate surface area is 160 Å². The number of nitrogens with zero attached hydrogens (tertiary/aromatic N) is 1. The fourth-order valence-electron chi connectivity index (χ4n) is 3.37. The van der Waals surface area contributed by atoms with Crippen LogP contribution in [-0.2, 0) is 10.5 Å². The van der Waals surface area contributed by atoms with Crippen molar-refractivity contribution in [3.8, 4) is 0 Å². The maximum absolute atomic E-state index is 13.4. The lowest BCUT2D eigenvalue weighted by molar-refractivity contribution is -0.312. The number of nitrogens with one attached hydrogen (secondary N) is 1. The summed E-state index contributed by atoms with van der Waals surface area (Å²) in [6.07, 6.45) is 0. The molecule has 1 aliphatic rings. The Morgan fingerprint density at radius 1 is 0.926 bits per heavy atom. The van der Waals surface area contributed by atoms with E-state index in [4.69, 9.17) is 11.6 Å². The molecule has 6 heteroatoms. The lowest BCUT2D eigenvalue weighted by atomic mass is 9.91. The Morgan fingerprint density at radius 2 is 1.56 bits per heavy atom. The number of carbonyl (C=O) groups is 2. The van der Waals surface area contributed by atoms with Crippen LogP contribution in [0, 0.1) is 0 Å². The van der Waals surface area contributed by atoms with E-state index in [9.17, 15) is 14.7 Å². The van der Waals surface area contributed by atoms with Gasteiger partial charge in [0.25, 0.3) is 5.91 Å². The van der Waals surface area contributed by atoms with Gasteiger partial charge in [-0.25, -0.2) is 0 Å². The van der Waals surface area contributed by atoms with E-state index >= 15 is 0 Å². The van der Waals surface area contributed by atoms with Crippen LogP contribution >= 0.6 is 11.6 Å². The number of fused-ring (bicyclic) bond motifs is 1. The molecule has 1 atom stereocenters. The maximum Gasteiger partial charge on any atom is 0.262 e. The van der Waals surface area contributed by atoms with Crippen LogP contribution in [0.3, 0.4) is 0 Å². The van der Waals surface area contributed by atoms with Gasteiger partial charge in [-0.2, -0.15) is 0 Å². The van der Waals surface area contributed by atoms with E-state index in [1.807, 2.05) is 0 Å². The average Bonchev–Trinajstić information content (AvgIpc) is 2.69. The number of para-hydroxylation sites is 2. The number of rotatable bonds is 3. The van der Waals surface area contributed by atoms with Gasteiger partial charge in [-0.3, -0.25) is 9.69 Å². The summed E-state index contributed by atoms with van der Waals surface area (Å²) in [5.41, 5.74) is -0.548. The molecule has 1 heterocycles. The van der Waals surface area contributed by atoms with Gasteiger partial charge in [-0.05, 0) is 24.3 Å². The van der Waals surface area contributed by atoms with Crippen molar-refractivity contribution < 1.29 is 14.7 Å². The van der Waals surface area contributed by atoms with E-state index in [0.29, 0.717) is 16.8 Å². The van der Waals surface area contributed by atoms with Gasteiger partial charge in [0.2, 0.25) is 0 Å². The SMILES string of the molecule is O=C1c2ccccc2NC(C(=O)[O-])(c2ccccc2)N1c1ccccc1Cl. The summed E-state index contributed by atoms with van der Waals surface area (Å²) >= 11 is 6.33. The molecule has 4 rings (SSSR count). The molecule has 0 saturated carbocycles. The molecular formula is C21H14ClN2O3-. The van der Waals surface area contributed by atoms with E-state index in [-0.39, 0.29) is 10.7 Å². The number of aliphatic carboxylic acids is 1. The normalized spacial score (nSPS) is 18.6. The molecule has 134 valence electrons. The molecule has 27 heavy (non-hydrogen) atoms. The molecule has 1 aliphatic heterocycles. The monoisotopic (exact) mass is 377 g/mol. The first-order valence-corrected chi connectivity index (χ1v) is 8.67. The lowest BCUT2D eigenvalue weighted by Crippen LogP contribution is -2.66. The number of carboxylic acids is 1. The van der Waals surface area contributed by atoms with E-state index in [1.165, 1.54) is 0 Å². The summed E-state index contributed by atoms with van der Waals surface area (Å²) in [6.45, 7) is 0. The number of anilines is 2. The smallest absolute Gasteiger partial charge is 0.262 e. The second-order valence-electron chi connectivity index (χ2n) is 6.13. The third-order valence-corrected chi connectivity index (χ3v) is 4.91. The first-order chi connectivity index (χ1) is 13.1. The van der Waals surface area contributed by atoms with Crippen molar-refractivity contribution in [3.63, 3.8) is 0 Å². The molecular weight excluding hydrogens is 364 g/mol. The first-order valence-electron chi connectivity index (χ1n) is 8.29. The third kappa shape index (κ3) is 2.55. The minimum atomic E-state index is -1.95. The molecule has 3 aromatic carbocycles. The standard InChI is InChI=1S/C21H15ClN2O3/c22-16-11-5-7-13-18(16)24-19(25)15-10-4-6-12-17(15)23-21(24,20(26)27)14-8-2-1-3-9-14/h1-13,23H,(H,26,27)/p-1. The highest BCUT2D eigenvalue weighted by Gasteiger charge is 2.49. The van der Waals surface area contributed by atoms with E-state index in [0.717, 1.165) is 4.90 Å². The molecule has 5 nitrogen and oxygen atoms in total. The maximum atomic E-state index is 13.4. The van der Waals surface area contributed by atoms with Gasteiger partial charge in [-0.15, -0.1) is 0 Å². The predicted octanol–water partition coefficient (Wildman–Crippen LogP) is 3.02. The molecule has 3 aromatic rings. The number of halogens is 1. The Morgan fingerprint density at radius 3 is 2.26 bits per heavy atom. The Hall–Kier alpha value is -3.31. The number of carbonyl (C=O) groups excluding carboxylic acids is 2. The molecule has 0 bridgehead atoms. The van der Waals surface area contributed by atoms with Crippen molar-refractivity contribution in [1.29, 1.82) is 0 Å². The largest absolute Gasteiger partial charge is 0.545 e. The second kappa shape index (κ2) is 6.45. The van der Waals surface area contributed by atoms with Crippen molar-refractivity contribution >= 4 is 34.9 Å². The van der Waals surface area contributed by atoms with Gasteiger partial charge >= 0.3 is 0 Å². The zero-order valence-corrected chi connectivity index (χ0v) is 14.8. The summed E-state index contributed by atoms with van der Waals surface area (Å²) in [5, 5.41) is 15.8. The Balaban J connectivity index is 2.06. The number of amides is 1. The van der Waals surface area contributed by atoms with Crippen LogP contribution in [0.4, 0.5) is 11.4 Å². The van der Waals surface area contributed by atoms with Gasteiger partial charge < -0.3 is 15.2 Å². The van der Waals surface area contributed by atoms with Crippen LogP contribution in [0.5, 0.6) is 0 Å². The highest BCUT2D eigenvalue weighted by atomic mass is 35.5. The molecule has 1 unspecified atom stereocenters. The Bertz CT molecular complexity index is 1040. The molecule has 0 spiro atoms. The van der Waals surface area contributed by atoms with E-state index < -0.39 is 17.5 Å². The molecule has 1 amide bonds. The van der Waals surface area contributed by atoms with Crippen LogP contribution in [0.15, 0.2) is 78.9 Å². The quantitative estimate of drug-likeness (QED) is 0.761. The van der Waals surface area contributed by atoms with Crippen LogP contribution in [0.1, 0.15) is 15.9 Å². The molecule has 0 fully saturated rings. The molecule has 1 N–H and O–H groups in total. The van der Waals surface area contributed by atoms with Gasteiger partial charge in [0.15, 0.2) is 5.66 Å². The molecule has 0 saturated heterocycles. The fraction of sp³-hybridized carbons (Fsp3) is 0.0476. The Kier molecular flexibility index (Phi) is 4.09. The average molecular weight is 378 g/mol. The fourth-order valence-corrected chi connectivity index (χ4v) is 3.59. The van der Waals surface area contributed by atoms with Gasteiger partial charge in [-0.1, -0.05) is 66.2 Å². The highest BCUT2D eigenvalue weighted by Crippen LogP contribution is 2.42. The topological polar surface area (TPSA) is 72.5 Å². The number of hydrogen-bond donors (Lipinski definition) is 1. The van der Waals surface area contributed by atoms with Crippen molar-refractivity contribution in [1.82, 2.24) is 0 Å². The van der Waals surface area contributed by atoms with Crippen molar-refractivity contribution in [2.24, 2.45) is 0 Å². The zero-order valence-electron chi connectivity index (χ0n) is 14.1. The van der Waals surface area contributed by atoms with Gasteiger partial charge in [0.05, 0.1) is 22.2 Å². The first kappa shape index (κ1) is 17.1. The summed E-state index contributed by atoms with van der Waals surface area (Å²) in [7, 11) is 0. The number of benzene rings is 3. The zero-order chi connectivity index (χ0) is 19.0. The highest BCUT2D eigenvalue weighted by molar-refractivity contribution is 6.34. The van der Waals surface area contributed by atoms with Gasteiger partial charge in [0, 0.05) is 11.3 Å². The summed E-state index contributed by atoms with van der Waals surface area (Å²) in [6, 6.07) is 21.8. The summed E-state index contributed by atoms with van der Waals surface area (Å²) < 4.78 is 0. The third-order valence-electron chi connectivity index (χ3n) is 4.59. The van der Waals surface area contributed by atoms with Crippen LogP contribution in [0.25, 0.3) is 0 Å². The van der Waals surface area contributed by atoms with Crippen LogP contribution in [-0.4, -0.2) is 11.9 Å². The minimum Gasteiger partial charge on any atom is -0.545 e. The molecule has 0 aromatic heterocycles. The second-order valence-corrected chi connectivity index (χ2v) is 6.53. The van der Waals surface area contributed by atoms with E-state index in [2.05, 4.69) is 5.32 Å². The van der Waals surface area contributed by atoms with E-state index in [1.54, 1.807) is 78.9 Å². The van der Waals surface area contributed by atoms with Crippen molar-refractivity contribution in [3.05, 3.63) is 95.0 Å². The number of carboxylic acid groups (broad SMARTS) is 1. The molecule has 0 aliphatic carbocycles. The summed E-state index contributed by atoms with van der Waals surface area (Å²) in [4.78, 5) is 27.1. The summed E-state index contributed by atoms with van der Waals surface area (Å²) in [5.74, 6) is -1.94. The van der Waals surface area contributed by atoms with Crippen molar-refractivity contribution in [2.45, 2.75) is 5.66 Å². The van der Waals surface area contributed by atoms with Gasteiger partial charge in [0.1, 0.15) is 0 Å². The lowest BCUT2D eigenvalue weighted by Gasteiger charge is -2.49. The van der Waals surface area contributed by atoms with Crippen molar-refractivity contribution in [2.75, 3.05) is 10.2 Å². The molecule has 0 radical (unpaired) electrons. The van der Waals surface area contributed by atoms with Crippen LogP contribution < -0.4 is 15.3 Å².